The van der Waals surface area contributed by atoms with Crippen molar-refractivity contribution < 1.29 is 8.42 Å². The Morgan fingerprint density at radius 3 is 2.28 bits per heavy atom. The Kier molecular flexibility index (Phi) is 2.92. The summed E-state index contributed by atoms with van der Waals surface area (Å²) in [4.78, 5) is 0.411. The quantitative estimate of drug-likeness (QED) is 0.871. The van der Waals surface area contributed by atoms with Crippen LogP contribution in [0.5, 0.6) is 0 Å². The zero-order valence-corrected chi connectivity index (χ0v) is 11.1. The molecule has 4 nitrogen and oxygen atoms in total. The zero-order chi connectivity index (χ0) is 12.6. The number of hydrogen-bond donors (Lipinski definition) is 1. The summed E-state index contributed by atoms with van der Waals surface area (Å²) in [7, 11) is -3.26. The molecule has 1 N–H and O–H groups in total. The third kappa shape index (κ3) is 1.96. The summed E-state index contributed by atoms with van der Waals surface area (Å²) < 4.78 is 26.3. The van der Waals surface area contributed by atoms with Crippen LogP contribution in [0.25, 0.3) is 0 Å². The monoisotopic (exact) mass is 266 g/mol. The van der Waals surface area contributed by atoms with E-state index in [1.807, 2.05) is 6.07 Å². The lowest BCUT2D eigenvalue weighted by Crippen LogP contribution is -2.61. The van der Waals surface area contributed by atoms with Gasteiger partial charge < -0.3 is 5.32 Å². The summed E-state index contributed by atoms with van der Waals surface area (Å²) in [5.74, 6) is 0. The van der Waals surface area contributed by atoms with E-state index in [0.717, 1.165) is 25.9 Å². The first kappa shape index (κ1) is 12.1. The highest BCUT2D eigenvalue weighted by atomic mass is 32.2. The van der Waals surface area contributed by atoms with Crippen LogP contribution < -0.4 is 5.32 Å². The molecule has 1 aromatic carbocycles. The van der Waals surface area contributed by atoms with Gasteiger partial charge in [-0.1, -0.05) is 18.2 Å². The first-order valence-corrected chi connectivity index (χ1v) is 7.82. The summed E-state index contributed by atoms with van der Waals surface area (Å²) in [6.07, 6.45) is 2.18. The molecule has 2 saturated heterocycles. The van der Waals surface area contributed by atoms with E-state index in [0.29, 0.717) is 18.0 Å². The zero-order valence-electron chi connectivity index (χ0n) is 10.3. The molecule has 18 heavy (non-hydrogen) atoms. The molecule has 98 valence electrons. The highest BCUT2D eigenvalue weighted by molar-refractivity contribution is 7.89. The normalized spacial score (nSPS) is 23.8. The predicted molar refractivity (Wildman–Crippen MR) is 69.7 cm³/mol. The predicted octanol–water partition coefficient (Wildman–Crippen LogP) is 1.06. The number of benzene rings is 1. The van der Waals surface area contributed by atoms with Gasteiger partial charge in [-0.05, 0) is 38.1 Å². The van der Waals surface area contributed by atoms with Crippen molar-refractivity contribution in [1.29, 1.82) is 0 Å². The van der Waals surface area contributed by atoms with Crippen LogP contribution in [0.15, 0.2) is 35.2 Å². The van der Waals surface area contributed by atoms with E-state index in [1.54, 1.807) is 28.6 Å². The molecule has 0 unspecified atom stereocenters. The average Bonchev–Trinajstić information content (AvgIpc) is 2.38. The van der Waals surface area contributed by atoms with E-state index in [2.05, 4.69) is 5.32 Å². The van der Waals surface area contributed by atoms with Crippen LogP contribution in [0.2, 0.25) is 0 Å². The van der Waals surface area contributed by atoms with Crippen LogP contribution in [0.3, 0.4) is 0 Å². The van der Waals surface area contributed by atoms with E-state index >= 15 is 0 Å². The fraction of sp³-hybridized carbons (Fsp3) is 0.538. The molecule has 0 radical (unpaired) electrons. The maximum atomic E-state index is 12.4. The Balaban J connectivity index is 1.74. The minimum Gasteiger partial charge on any atom is -0.317 e. The van der Waals surface area contributed by atoms with Gasteiger partial charge in [0.2, 0.25) is 10.0 Å². The molecule has 0 saturated carbocycles. The smallest absolute Gasteiger partial charge is 0.243 e. The minimum atomic E-state index is -3.26. The molecule has 2 heterocycles. The Bertz CT molecular complexity index is 513. The third-order valence-electron chi connectivity index (χ3n) is 4.07. The van der Waals surface area contributed by atoms with Gasteiger partial charge in [0, 0.05) is 18.5 Å². The van der Waals surface area contributed by atoms with Crippen molar-refractivity contribution in [2.45, 2.75) is 17.7 Å². The van der Waals surface area contributed by atoms with Crippen molar-refractivity contribution in [3.63, 3.8) is 0 Å². The van der Waals surface area contributed by atoms with E-state index < -0.39 is 10.0 Å². The molecule has 0 amide bonds. The van der Waals surface area contributed by atoms with Crippen molar-refractivity contribution in [2.24, 2.45) is 5.41 Å². The van der Waals surface area contributed by atoms with Gasteiger partial charge in [0.15, 0.2) is 0 Å². The largest absolute Gasteiger partial charge is 0.317 e. The third-order valence-corrected chi connectivity index (χ3v) is 5.87. The van der Waals surface area contributed by atoms with Crippen LogP contribution in [-0.4, -0.2) is 38.9 Å². The number of nitrogens with one attached hydrogen (secondary N) is 1. The van der Waals surface area contributed by atoms with Crippen LogP contribution >= 0.6 is 0 Å². The lowest BCUT2D eigenvalue weighted by molar-refractivity contribution is 0.0373. The molecule has 0 bridgehead atoms. The first-order valence-electron chi connectivity index (χ1n) is 6.38. The standard InChI is InChI=1S/C13H18N2O2S/c16-18(17,12-4-2-1-3-5-12)15-10-13(11-15)6-8-14-9-7-13/h1-5,14H,6-11H2. The van der Waals surface area contributed by atoms with Crippen molar-refractivity contribution >= 4 is 10.0 Å². The Labute approximate surface area is 108 Å². The number of rotatable bonds is 2. The summed E-state index contributed by atoms with van der Waals surface area (Å²) >= 11 is 0. The van der Waals surface area contributed by atoms with Crippen molar-refractivity contribution in [2.75, 3.05) is 26.2 Å². The van der Waals surface area contributed by atoms with E-state index in [-0.39, 0.29) is 5.41 Å². The molecule has 5 heteroatoms. The molecule has 1 spiro atoms. The van der Waals surface area contributed by atoms with E-state index in [4.69, 9.17) is 0 Å². The molecule has 3 rings (SSSR count). The lowest BCUT2D eigenvalue weighted by Gasteiger charge is -2.51. The molecule has 0 atom stereocenters. The fourth-order valence-electron chi connectivity index (χ4n) is 2.89. The molecule has 1 aromatic rings. The minimum absolute atomic E-state index is 0.243. The van der Waals surface area contributed by atoms with E-state index in [9.17, 15) is 8.42 Å². The van der Waals surface area contributed by atoms with Gasteiger partial charge in [-0.3, -0.25) is 0 Å². The summed E-state index contributed by atoms with van der Waals surface area (Å²) in [6.45, 7) is 3.40. The molecule has 2 aliphatic heterocycles. The Hall–Kier alpha value is -0.910. The van der Waals surface area contributed by atoms with Crippen LogP contribution in [0.4, 0.5) is 0 Å². The maximum Gasteiger partial charge on any atom is 0.243 e. The van der Waals surface area contributed by atoms with Gasteiger partial charge in [0.25, 0.3) is 0 Å². The molecular formula is C13H18N2O2S. The van der Waals surface area contributed by atoms with Crippen LogP contribution in [0, 0.1) is 5.41 Å². The first-order chi connectivity index (χ1) is 8.62. The molecule has 0 aromatic heterocycles. The van der Waals surface area contributed by atoms with Gasteiger partial charge in [-0.25, -0.2) is 8.42 Å². The van der Waals surface area contributed by atoms with Crippen LogP contribution in [-0.2, 0) is 10.0 Å². The topological polar surface area (TPSA) is 49.4 Å². The summed E-state index contributed by atoms with van der Waals surface area (Å²) in [6, 6.07) is 8.72. The molecule has 2 aliphatic rings. The Morgan fingerprint density at radius 1 is 1.06 bits per heavy atom. The van der Waals surface area contributed by atoms with Gasteiger partial charge in [0.05, 0.1) is 4.90 Å². The van der Waals surface area contributed by atoms with Gasteiger partial charge >= 0.3 is 0 Å². The Morgan fingerprint density at radius 2 is 1.67 bits per heavy atom. The van der Waals surface area contributed by atoms with Gasteiger partial charge in [-0.2, -0.15) is 4.31 Å². The van der Waals surface area contributed by atoms with Crippen molar-refractivity contribution in [3.8, 4) is 0 Å². The number of hydrogen-bond acceptors (Lipinski definition) is 3. The maximum absolute atomic E-state index is 12.4. The second-order valence-corrected chi connectivity index (χ2v) is 7.27. The molecule has 2 fully saturated rings. The molecular weight excluding hydrogens is 248 g/mol. The van der Waals surface area contributed by atoms with Crippen molar-refractivity contribution in [1.82, 2.24) is 9.62 Å². The van der Waals surface area contributed by atoms with Gasteiger partial charge in [0.1, 0.15) is 0 Å². The van der Waals surface area contributed by atoms with E-state index in [1.165, 1.54) is 0 Å². The highest BCUT2D eigenvalue weighted by Crippen LogP contribution is 2.41. The fourth-order valence-corrected chi connectivity index (χ4v) is 4.57. The highest BCUT2D eigenvalue weighted by Gasteiger charge is 2.48. The number of sulfonamides is 1. The van der Waals surface area contributed by atoms with Crippen LogP contribution in [0.1, 0.15) is 12.8 Å². The lowest BCUT2D eigenvalue weighted by atomic mass is 9.74. The number of piperidine rings is 1. The number of nitrogens with zero attached hydrogens (tertiary/aromatic N) is 1. The SMILES string of the molecule is O=S(=O)(c1ccccc1)N1CC2(CCNCC2)C1. The van der Waals surface area contributed by atoms with Gasteiger partial charge in [-0.15, -0.1) is 0 Å². The average molecular weight is 266 g/mol. The summed E-state index contributed by atoms with van der Waals surface area (Å²) in [5.41, 5.74) is 0.243. The molecule has 0 aliphatic carbocycles. The van der Waals surface area contributed by atoms with Crippen molar-refractivity contribution in [3.05, 3.63) is 30.3 Å². The second-order valence-electron chi connectivity index (χ2n) is 5.34. The second kappa shape index (κ2) is 4.33. The summed E-state index contributed by atoms with van der Waals surface area (Å²) in [5, 5.41) is 3.33.